The van der Waals surface area contributed by atoms with Gasteiger partial charge < -0.3 is 4.98 Å². The molecule has 2 nitrogen and oxygen atoms in total. The number of fused-ring (bicyclic) bond motifs is 1. The number of aromatic nitrogens is 2. The van der Waals surface area contributed by atoms with Crippen LogP contribution in [-0.4, -0.2) is 15.7 Å². The first-order chi connectivity index (χ1) is 6.93. The zero-order chi connectivity index (χ0) is 9.38. The summed E-state index contributed by atoms with van der Waals surface area (Å²) in [6.07, 6.45) is 6.15. The maximum Gasteiger partial charge on any atom is 0.137 e. The second-order valence-electron chi connectivity index (χ2n) is 3.45. The number of pyridine rings is 1. The molecule has 1 atom stereocenters. The topological polar surface area (TPSA) is 28.7 Å². The number of nitrogens with zero attached hydrogens (tertiary/aromatic N) is 1. The van der Waals surface area contributed by atoms with Crippen LogP contribution < -0.4 is 0 Å². The average molecular weight is 202 g/mol. The van der Waals surface area contributed by atoms with Crippen LogP contribution in [0.25, 0.3) is 11.0 Å². The van der Waals surface area contributed by atoms with Crippen LogP contribution in [0.15, 0.2) is 36.0 Å². The minimum atomic E-state index is 0.548. The van der Waals surface area contributed by atoms with Crippen molar-refractivity contribution in [2.24, 2.45) is 0 Å². The van der Waals surface area contributed by atoms with Crippen molar-refractivity contribution in [2.45, 2.75) is 5.92 Å². The first-order valence-corrected chi connectivity index (χ1v) is 5.70. The zero-order valence-electron chi connectivity index (χ0n) is 7.60. The molecule has 0 spiro atoms. The Kier molecular flexibility index (Phi) is 1.84. The van der Waals surface area contributed by atoms with Gasteiger partial charge in [-0.15, -0.1) is 11.8 Å². The van der Waals surface area contributed by atoms with Gasteiger partial charge in [-0.1, -0.05) is 6.08 Å². The van der Waals surface area contributed by atoms with Crippen molar-refractivity contribution in [1.82, 2.24) is 9.97 Å². The minimum Gasteiger partial charge on any atom is -0.346 e. The second kappa shape index (κ2) is 3.17. The van der Waals surface area contributed by atoms with E-state index in [4.69, 9.17) is 0 Å². The third kappa shape index (κ3) is 1.24. The van der Waals surface area contributed by atoms with E-state index in [0.29, 0.717) is 5.92 Å². The van der Waals surface area contributed by atoms with E-state index in [9.17, 15) is 0 Å². The van der Waals surface area contributed by atoms with Gasteiger partial charge >= 0.3 is 0 Å². The Bertz CT molecular complexity index is 487. The highest BCUT2D eigenvalue weighted by atomic mass is 32.2. The molecule has 0 saturated heterocycles. The Morgan fingerprint density at radius 2 is 2.50 bits per heavy atom. The van der Waals surface area contributed by atoms with Crippen molar-refractivity contribution in [3.05, 3.63) is 41.6 Å². The third-order valence-corrected chi connectivity index (χ3v) is 3.43. The molecule has 3 heteroatoms. The molecule has 0 amide bonds. The van der Waals surface area contributed by atoms with Gasteiger partial charge in [0.25, 0.3) is 0 Å². The van der Waals surface area contributed by atoms with Crippen LogP contribution in [-0.2, 0) is 0 Å². The second-order valence-corrected chi connectivity index (χ2v) is 4.39. The molecule has 1 aliphatic rings. The van der Waals surface area contributed by atoms with Crippen molar-refractivity contribution >= 4 is 22.8 Å². The van der Waals surface area contributed by atoms with Crippen molar-refractivity contribution < 1.29 is 0 Å². The Balaban J connectivity index is 2.08. The van der Waals surface area contributed by atoms with Gasteiger partial charge in [-0.05, 0) is 23.1 Å². The lowest BCUT2D eigenvalue weighted by Gasteiger charge is -2.06. The zero-order valence-corrected chi connectivity index (χ0v) is 8.42. The molecule has 1 aliphatic heterocycles. The quantitative estimate of drug-likeness (QED) is 0.770. The van der Waals surface area contributed by atoms with Gasteiger partial charge in [0.15, 0.2) is 0 Å². The van der Waals surface area contributed by atoms with Crippen LogP contribution in [0.3, 0.4) is 0 Å². The highest BCUT2D eigenvalue weighted by Crippen LogP contribution is 2.30. The van der Waals surface area contributed by atoms with Crippen LogP contribution in [0, 0.1) is 0 Å². The Labute approximate surface area is 86.4 Å². The lowest BCUT2D eigenvalue weighted by Crippen LogP contribution is -1.95. The van der Waals surface area contributed by atoms with E-state index in [-0.39, 0.29) is 0 Å². The molecule has 3 heterocycles. The molecule has 70 valence electrons. The van der Waals surface area contributed by atoms with Gasteiger partial charge in [0.1, 0.15) is 5.65 Å². The smallest absolute Gasteiger partial charge is 0.137 e. The number of hydrogen-bond donors (Lipinski definition) is 1. The van der Waals surface area contributed by atoms with E-state index < -0.39 is 0 Å². The summed E-state index contributed by atoms with van der Waals surface area (Å²) >= 11 is 1.87. The number of nitrogens with one attached hydrogen (secondary N) is 1. The van der Waals surface area contributed by atoms with Crippen LogP contribution in [0.5, 0.6) is 0 Å². The molecule has 1 N–H and O–H groups in total. The van der Waals surface area contributed by atoms with E-state index in [0.717, 1.165) is 11.4 Å². The average Bonchev–Trinajstić information content (AvgIpc) is 2.88. The summed E-state index contributed by atoms with van der Waals surface area (Å²) in [5, 5.41) is 3.37. The molecule has 0 saturated carbocycles. The van der Waals surface area contributed by atoms with Crippen LogP contribution >= 0.6 is 11.8 Å². The molecule has 1 unspecified atom stereocenters. The standard InChI is InChI=1S/C11H10N2S/c1-3-12-11-8(1)5-10(6-13-11)9-2-4-14-7-9/h1-6,9H,7H2,(H,12,13). The highest BCUT2D eigenvalue weighted by molar-refractivity contribution is 8.02. The van der Waals surface area contributed by atoms with Crippen molar-refractivity contribution in [2.75, 3.05) is 5.75 Å². The largest absolute Gasteiger partial charge is 0.346 e. The van der Waals surface area contributed by atoms with Crippen molar-refractivity contribution in [3.63, 3.8) is 0 Å². The number of rotatable bonds is 1. The van der Waals surface area contributed by atoms with Gasteiger partial charge in [0, 0.05) is 29.5 Å². The predicted molar refractivity (Wildman–Crippen MR) is 60.4 cm³/mol. The highest BCUT2D eigenvalue weighted by Gasteiger charge is 2.12. The number of H-pyrrole nitrogens is 1. The molecule has 14 heavy (non-hydrogen) atoms. The molecule has 0 radical (unpaired) electrons. The maximum absolute atomic E-state index is 4.39. The van der Waals surface area contributed by atoms with Gasteiger partial charge in [-0.25, -0.2) is 4.98 Å². The Hall–Kier alpha value is -1.22. The fraction of sp³-hybridized carbons (Fsp3) is 0.182. The molecule has 0 aromatic carbocycles. The van der Waals surface area contributed by atoms with Crippen molar-refractivity contribution in [3.8, 4) is 0 Å². The summed E-state index contributed by atoms with van der Waals surface area (Å²) in [6.45, 7) is 0. The number of thioether (sulfide) groups is 1. The monoisotopic (exact) mass is 202 g/mol. The first kappa shape index (κ1) is 8.12. The van der Waals surface area contributed by atoms with Crippen molar-refractivity contribution in [1.29, 1.82) is 0 Å². The Morgan fingerprint density at radius 1 is 1.50 bits per heavy atom. The molecular formula is C11H10N2S. The molecular weight excluding hydrogens is 192 g/mol. The lowest BCUT2D eigenvalue weighted by atomic mass is 10.0. The van der Waals surface area contributed by atoms with E-state index in [1.165, 1.54) is 10.9 Å². The fourth-order valence-electron chi connectivity index (χ4n) is 1.73. The normalized spacial score (nSPS) is 20.7. The van der Waals surface area contributed by atoms with Crippen LogP contribution in [0.4, 0.5) is 0 Å². The summed E-state index contributed by atoms with van der Waals surface area (Å²) in [5.41, 5.74) is 2.29. The molecule has 0 aliphatic carbocycles. The number of hydrogen-bond acceptors (Lipinski definition) is 2. The van der Waals surface area contributed by atoms with Gasteiger partial charge in [-0.3, -0.25) is 0 Å². The molecule has 3 rings (SSSR count). The Morgan fingerprint density at radius 3 is 3.36 bits per heavy atom. The van der Waals surface area contributed by atoms with E-state index in [1.54, 1.807) is 0 Å². The maximum atomic E-state index is 4.39. The van der Waals surface area contributed by atoms with E-state index in [2.05, 4.69) is 33.6 Å². The molecule has 0 fully saturated rings. The summed E-state index contributed by atoms with van der Waals surface area (Å²) in [7, 11) is 0. The van der Waals surface area contributed by atoms with Gasteiger partial charge in [-0.2, -0.15) is 0 Å². The predicted octanol–water partition coefficient (Wildman–Crippen LogP) is 2.91. The summed E-state index contributed by atoms with van der Waals surface area (Å²) in [5.74, 6) is 1.70. The first-order valence-electron chi connectivity index (χ1n) is 4.65. The molecule has 0 bridgehead atoms. The van der Waals surface area contributed by atoms with E-state index in [1.807, 2.05) is 24.2 Å². The van der Waals surface area contributed by atoms with Gasteiger partial charge in [0.2, 0.25) is 0 Å². The molecule has 2 aromatic rings. The van der Waals surface area contributed by atoms with Crippen LogP contribution in [0.2, 0.25) is 0 Å². The lowest BCUT2D eigenvalue weighted by molar-refractivity contribution is 0.989. The number of aromatic amines is 1. The van der Waals surface area contributed by atoms with Gasteiger partial charge in [0.05, 0.1) is 0 Å². The molecule has 2 aromatic heterocycles. The summed E-state index contributed by atoms with van der Waals surface area (Å²) in [6, 6.07) is 4.29. The summed E-state index contributed by atoms with van der Waals surface area (Å²) < 4.78 is 0. The van der Waals surface area contributed by atoms with E-state index >= 15 is 0 Å². The van der Waals surface area contributed by atoms with Crippen LogP contribution in [0.1, 0.15) is 11.5 Å². The number of allylic oxidation sites excluding steroid dienone is 1. The third-order valence-electron chi connectivity index (χ3n) is 2.53. The summed E-state index contributed by atoms with van der Waals surface area (Å²) in [4.78, 5) is 7.49. The minimum absolute atomic E-state index is 0.548. The fourth-order valence-corrected chi connectivity index (χ4v) is 2.65. The SMILES string of the molecule is C1=CC(c2cnc3[nH]ccc3c2)CS1.